The third-order valence-corrected chi connectivity index (χ3v) is 4.14. The number of nitrogens with one attached hydrogen (secondary N) is 2. The normalized spacial score (nSPS) is 10.4. The summed E-state index contributed by atoms with van der Waals surface area (Å²) < 4.78 is 0. The standard InChI is InChI=1S/C21H22N4/c22-21(25(24-23)20-9-5-2-6-10-20)19-15-13-18(14-16-19)12-11-17-7-3-1-4-8-17/h1-10,13-16,22,24H,11-12,23H2. The number of rotatable bonds is 6. The van der Waals surface area contributed by atoms with Crippen molar-refractivity contribution in [1.82, 2.24) is 5.53 Å². The fraction of sp³-hybridized carbons (Fsp3) is 0.0952. The first-order valence-corrected chi connectivity index (χ1v) is 8.31. The molecule has 0 atom stereocenters. The van der Waals surface area contributed by atoms with E-state index in [1.165, 1.54) is 11.1 Å². The molecule has 0 radical (unpaired) electrons. The fourth-order valence-corrected chi connectivity index (χ4v) is 2.74. The summed E-state index contributed by atoms with van der Waals surface area (Å²) in [5, 5.41) is 9.97. The Morgan fingerprint density at radius 2 is 1.28 bits per heavy atom. The van der Waals surface area contributed by atoms with E-state index < -0.39 is 0 Å². The Bertz CT molecular complexity index is 798. The number of amidine groups is 1. The molecular formula is C21H22N4. The van der Waals surface area contributed by atoms with Gasteiger partial charge in [0.25, 0.3) is 0 Å². The maximum Gasteiger partial charge on any atom is 0.148 e. The number of anilines is 1. The molecular weight excluding hydrogens is 308 g/mol. The zero-order valence-corrected chi connectivity index (χ0v) is 14.0. The van der Waals surface area contributed by atoms with Crippen molar-refractivity contribution < 1.29 is 0 Å². The van der Waals surface area contributed by atoms with Gasteiger partial charge < -0.3 is 0 Å². The monoisotopic (exact) mass is 330 g/mol. The van der Waals surface area contributed by atoms with Crippen LogP contribution in [0, 0.1) is 5.41 Å². The largest absolute Gasteiger partial charge is 0.283 e. The lowest BCUT2D eigenvalue weighted by Crippen LogP contribution is -2.47. The van der Waals surface area contributed by atoms with Gasteiger partial charge in [-0.25, -0.2) is 5.01 Å². The van der Waals surface area contributed by atoms with E-state index in [-0.39, 0.29) is 0 Å². The van der Waals surface area contributed by atoms with E-state index >= 15 is 0 Å². The second kappa shape index (κ2) is 8.24. The van der Waals surface area contributed by atoms with Crippen molar-refractivity contribution in [2.24, 2.45) is 5.84 Å². The lowest BCUT2D eigenvalue weighted by Gasteiger charge is -2.23. The molecule has 0 bridgehead atoms. The first-order chi connectivity index (χ1) is 12.3. The molecule has 0 aliphatic carbocycles. The van der Waals surface area contributed by atoms with Crippen molar-refractivity contribution in [1.29, 1.82) is 5.41 Å². The van der Waals surface area contributed by atoms with Crippen LogP contribution in [0.5, 0.6) is 0 Å². The minimum Gasteiger partial charge on any atom is -0.283 e. The van der Waals surface area contributed by atoms with Crippen LogP contribution in [0.25, 0.3) is 0 Å². The van der Waals surface area contributed by atoms with E-state index in [0.717, 1.165) is 24.1 Å². The third-order valence-electron chi connectivity index (χ3n) is 4.14. The van der Waals surface area contributed by atoms with E-state index in [4.69, 9.17) is 11.3 Å². The van der Waals surface area contributed by atoms with E-state index in [1.54, 1.807) is 5.01 Å². The number of hydrogen-bond donors (Lipinski definition) is 3. The Labute approximate surface area is 148 Å². The molecule has 4 nitrogen and oxygen atoms in total. The molecule has 0 saturated carbocycles. The molecule has 0 unspecified atom stereocenters. The van der Waals surface area contributed by atoms with Gasteiger partial charge in [-0.2, -0.15) is 5.53 Å². The van der Waals surface area contributed by atoms with Crippen LogP contribution >= 0.6 is 0 Å². The smallest absolute Gasteiger partial charge is 0.148 e. The van der Waals surface area contributed by atoms with Crippen molar-refractivity contribution >= 4 is 11.5 Å². The van der Waals surface area contributed by atoms with Gasteiger partial charge in [-0.1, -0.05) is 72.8 Å². The Balaban J connectivity index is 1.68. The van der Waals surface area contributed by atoms with E-state index in [1.807, 2.05) is 48.5 Å². The van der Waals surface area contributed by atoms with Crippen LogP contribution in [-0.2, 0) is 12.8 Å². The van der Waals surface area contributed by atoms with Crippen LogP contribution in [0.4, 0.5) is 5.69 Å². The first-order valence-electron chi connectivity index (χ1n) is 8.31. The molecule has 0 saturated heterocycles. The van der Waals surface area contributed by atoms with Gasteiger partial charge in [-0.15, -0.1) is 0 Å². The van der Waals surface area contributed by atoms with Crippen LogP contribution in [-0.4, -0.2) is 5.84 Å². The summed E-state index contributed by atoms with van der Waals surface area (Å²) in [6, 6.07) is 28.1. The lowest BCUT2D eigenvalue weighted by atomic mass is 10.0. The van der Waals surface area contributed by atoms with Crippen LogP contribution in [0.2, 0.25) is 0 Å². The summed E-state index contributed by atoms with van der Waals surface area (Å²) in [6.07, 6.45) is 1.99. The maximum absolute atomic E-state index is 8.41. The van der Waals surface area contributed by atoms with Gasteiger partial charge in [0.05, 0.1) is 5.69 Å². The predicted molar refractivity (Wildman–Crippen MR) is 103 cm³/mol. The molecule has 0 aliphatic rings. The molecule has 0 fully saturated rings. The average Bonchev–Trinajstić information content (AvgIpc) is 2.69. The fourth-order valence-electron chi connectivity index (χ4n) is 2.74. The quantitative estimate of drug-likeness (QED) is 0.279. The summed E-state index contributed by atoms with van der Waals surface area (Å²) >= 11 is 0. The molecule has 3 aromatic carbocycles. The number of hydrazine groups is 2. The minimum absolute atomic E-state index is 0.309. The van der Waals surface area contributed by atoms with Crippen molar-refractivity contribution in [2.75, 3.05) is 5.01 Å². The van der Waals surface area contributed by atoms with Crippen molar-refractivity contribution in [3.8, 4) is 0 Å². The van der Waals surface area contributed by atoms with E-state index in [2.05, 4.69) is 41.9 Å². The number of nitrogens with two attached hydrogens (primary N) is 1. The highest BCUT2D eigenvalue weighted by Crippen LogP contribution is 2.15. The highest BCUT2D eigenvalue weighted by atomic mass is 15.6. The molecule has 4 N–H and O–H groups in total. The first kappa shape index (κ1) is 16.9. The Morgan fingerprint density at radius 1 is 0.760 bits per heavy atom. The summed E-state index contributed by atoms with van der Waals surface area (Å²) in [4.78, 5) is 0. The molecule has 3 rings (SSSR count). The predicted octanol–water partition coefficient (Wildman–Crippen LogP) is 3.68. The number of nitrogens with zero attached hydrogens (tertiary/aromatic N) is 1. The van der Waals surface area contributed by atoms with E-state index in [9.17, 15) is 0 Å². The van der Waals surface area contributed by atoms with E-state index in [0.29, 0.717) is 5.84 Å². The second-order valence-electron chi connectivity index (χ2n) is 5.83. The second-order valence-corrected chi connectivity index (χ2v) is 5.83. The topological polar surface area (TPSA) is 65.1 Å². The number of hydrogen-bond acceptors (Lipinski definition) is 3. The van der Waals surface area contributed by atoms with Crippen LogP contribution in [0.15, 0.2) is 84.9 Å². The van der Waals surface area contributed by atoms with Gasteiger partial charge in [0.2, 0.25) is 0 Å². The Hall–Kier alpha value is -2.95. The average molecular weight is 330 g/mol. The number of benzene rings is 3. The van der Waals surface area contributed by atoms with Crippen molar-refractivity contribution in [3.63, 3.8) is 0 Å². The molecule has 0 amide bonds. The minimum atomic E-state index is 0.309. The van der Waals surface area contributed by atoms with Gasteiger partial charge in [0.1, 0.15) is 5.84 Å². The molecule has 4 heteroatoms. The summed E-state index contributed by atoms with van der Waals surface area (Å²) in [6.45, 7) is 0. The highest BCUT2D eigenvalue weighted by molar-refractivity contribution is 6.07. The van der Waals surface area contributed by atoms with Crippen molar-refractivity contribution in [2.45, 2.75) is 12.8 Å². The Morgan fingerprint density at radius 3 is 1.84 bits per heavy atom. The maximum atomic E-state index is 8.41. The third kappa shape index (κ3) is 4.32. The van der Waals surface area contributed by atoms with Crippen LogP contribution in [0.1, 0.15) is 16.7 Å². The lowest BCUT2D eigenvalue weighted by molar-refractivity contribution is 0.773. The van der Waals surface area contributed by atoms with Gasteiger partial charge in [0, 0.05) is 5.56 Å². The van der Waals surface area contributed by atoms with Crippen molar-refractivity contribution in [3.05, 3.63) is 102 Å². The summed E-state index contributed by atoms with van der Waals surface area (Å²) in [5.41, 5.74) is 6.81. The van der Waals surface area contributed by atoms with Gasteiger partial charge in [-0.3, -0.25) is 11.3 Å². The van der Waals surface area contributed by atoms with Gasteiger partial charge in [0.15, 0.2) is 0 Å². The zero-order chi connectivity index (χ0) is 17.5. The van der Waals surface area contributed by atoms with Gasteiger partial charge >= 0.3 is 0 Å². The summed E-state index contributed by atoms with van der Waals surface area (Å²) in [7, 11) is 0. The zero-order valence-electron chi connectivity index (χ0n) is 14.0. The number of para-hydroxylation sites is 1. The molecule has 126 valence electrons. The highest BCUT2D eigenvalue weighted by Gasteiger charge is 2.12. The molecule has 0 aromatic heterocycles. The molecule has 3 aromatic rings. The summed E-state index contributed by atoms with van der Waals surface area (Å²) in [5.74, 6) is 5.93. The molecule has 0 aliphatic heterocycles. The van der Waals surface area contributed by atoms with Gasteiger partial charge in [-0.05, 0) is 36.1 Å². The Kier molecular flexibility index (Phi) is 5.57. The number of aryl methyl sites for hydroxylation is 2. The molecule has 0 heterocycles. The SMILES string of the molecule is N=C(c1ccc(CCc2ccccc2)cc1)N(NN)c1ccccc1. The van der Waals surface area contributed by atoms with Crippen LogP contribution < -0.4 is 16.4 Å². The molecule has 25 heavy (non-hydrogen) atoms. The van der Waals surface area contributed by atoms with Crippen LogP contribution in [0.3, 0.4) is 0 Å². The molecule has 0 spiro atoms.